The Morgan fingerprint density at radius 3 is 1.44 bits per heavy atom. The molecule has 6 heteroatoms. The zero-order chi connectivity index (χ0) is 19.2. The molecule has 0 radical (unpaired) electrons. The van der Waals surface area contributed by atoms with E-state index in [2.05, 4.69) is 55.5 Å². The number of hydrogen-bond donors (Lipinski definition) is 0. The number of rotatable bonds is 14. The van der Waals surface area contributed by atoms with Gasteiger partial charge in [-0.1, -0.05) is 19.3 Å². The second-order valence-corrected chi connectivity index (χ2v) is 7.07. The van der Waals surface area contributed by atoms with Crippen molar-refractivity contribution < 1.29 is 9.13 Å². The van der Waals surface area contributed by atoms with Gasteiger partial charge in [0, 0.05) is 0 Å². The predicted molar refractivity (Wildman–Crippen MR) is 102 cm³/mol. The largest absolute Gasteiger partial charge is 0.243 e. The molecule has 0 unspecified atom stereocenters. The molecule has 0 saturated heterocycles. The Morgan fingerprint density at radius 1 is 0.630 bits per heavy atom. The number of hydrogen-bond acceptors (Lipinski definition) is 2. The van der Waals surface area contributed by atoms with Gasteiger partial charge in [0.2, 0.25) is 12.7 Å². The van der Waals surface area contributed by atoms with Gasteiger partial charge in [0.05, 0.1) is 38.1 Å². The number of nitrogens with zero attached hydrogens (tertiary/aromatic N) is 6. The second-order valence-electron chi connectivity index (χ2n) is 7.07. The third kappa shape index (κ3) is 8.55. The van der Waals surface area contributed by atoms with E-state index < -0.39 is 0 Å². The van der Waals surface area contributed by atoms with Gasteiger partial charge in [0.25, 0.3) is 0 Å². The van der Waals surface area contributed by atoms with E-state index in [-0.39, 0.29) is 0 Å². The van der Waals surface area contributed by atoms with Gasteiger partial charge in [0.15, 0.2) is 0 Å². The minimum absolute atomic E-state index is 0.570. The van der Waals surface area contributed by atoms with E-state index in [0.717, 1.165) is 26.2 Å². The molecule has 2 aromatic rings. The second kappa shape index (κ2) is 12.7. The van der Waals surface area contributed by atoms with Gasteiger partial charge in [0.1, 0.15) is 37.9 Å². The maximum Gasteiger partial charge on any atom is 0.243 e. The normalized spacial score (nSPS) is 10.6. The fourth-order valence-corrected chi connectivity index (χ4v) is 3.24. The fourth-order valence-electron chi connectivity index (χ4n) is 3.24. The SMILES string of the molecule is N#CCC[n+]1ccn(CCCCCCCCCn2cc[n+](CCC#N)c2)c1. The molecule has 0 aliphatic heterocycles. The molecule has 0 aliphatic carbocycles. The molecule has 0 spiro atoms. The van der Waals surface area contributed by atoms with Crippen LogP contribution in [0.3, 0.4) is 0 Å². The minimum Gasteiger partial charge on any atom is -0.237 e. The van der Waals surface area contributed by atoms with Crippen LogP contribution in [0, 0.1) is 22.7 Å². The van der Waals surface area contributed by atoms with Crippen molar-refractivity contribution >= 4 is 0 Å². The van der Waals surface area contributed by atoms with E-state index in [0.29, 0.717) is 12.8 Å². The van der Waals surface area contributed by atoms with Crippen LogP contribution in [-0.2, 0) is 26.2 Å². The van der Waals surface area contributed by atoms with Gasteiger partial charge in [-0.3, -0.25) is 0 Å². The van der Waals surface area contributed by atoms with Crippen LogP contribution in [0.25, 0.3) is 0 Å². The molecule has 2 aromatic heterocycles. The molecule has 0 fully saturated rings. The average Bonchev–Trinajstić information content (AvgIpc) is 3.32. The number of imidazole rings is 2. The standard InChI is InChI=1S/C21H32N6/c22-10-8-14-26-18-16-24(20-26)12-6-4-2-1-3-5-7-13-25-17-19-27(21-25)15-9-11-23/h16-21H,1-9,12-15H2/q+2. The molecule has 27 heavy (non-hydrogen) atoms. The molecule has 2 heterocycles. The number of aryl methyl sites for hydroxylation is 4. The lowest BCUT2D eigenvalue weighted by Crippen LogP contribution is -2.30. The van der Waals surface area contributed by atoms with Crippen molar-refractivity contribution in [2.75, 3.05) is 0 Å². The van der Waals surface area contributed by atoms with Gasteiger partial charge in [-0.2, -0.15) is 10.5 Å². The zero-order valence-electron chi connectivity index (χ0n) is 16.3. The van der Waals surface area contributed by atoms with Gasteiger partial charge < -0.3 is 0 Å². The lowest BCUT2D eigenvalue weighted by Gasteiger charge is -2.01. The summed E-state index contributed by atoms with van der Waals surface area (Å²) in [5, 5.41) is 17.2. The van der Waals surface area contributed by atoms with E-state index in [9.17, 15) is 0 Å². The van der Waals surface area contributed by atoms with Gasteiger partial charge in [-0.05, 0) is 25.7 Å². The molecule has 0 saturated carbocycles. The van der Waals surface area contributed by atoms with Crippen molar-refractivity contribution in [1.29, 1.82) is 10.5 Å². The van der Waals surface area contributed by atoms with Crippen LogP contribution >= 0.6 is 0 Å². The predicted octanol–water partition coefficient (Wildman–Crippen LogP) is 3.12. The summed E-state index contributed by atoms with van der Waals surface area (Å²) in [5.74, 6) is 0. The van der Waals surface area contributed by atoms with Crippen LogP contribution in [0.2, 0.25) is 0 Å². The smallest absolute Gasteiger partial charge is 0.237 e. The summed E-state index contributed by atoms with van der Waals surface area (Å²) in [7, 11) is 0. The molecule has 2 rings (SSSR count). The average molecular weight is 369 g/mol. The van der Waals surface area contributed by atoms with Crippen LogP contribution in [0.5, 0.6) is 0 Å². The van der Waals surface area contributed by atoms with E-state index in [1.807, 2.05) is 12.4 Å². The maximum atomic E-state index is 8.62. The Hall–Kier alpha value is -2.60. The third-order valence-corrected chi connectivity index (χ3v) is 4.79. The molecule has 0 aliphatic rings. The highest BCUT2D eigenvalue weighted by molar-refractivity contribution is 4.70. The van der Waals surface area contributed by atoms with Crippen LogP contribution in [0.4, 0.5) is 0 Å². The topological polar surface area (TPSA) is 65.2 Å². The Balaban J connectivity index is 1.43. The number of unbranched alkanes of at least 4 members (excludes halogenated alkanes) is 6. The monoisotopic (exact) mass is 368 g/mol. The van der Waals surface area contributed by atoms with Crippen LogP contribution in [0.1, 0.15) is 57.8 Å². The first-order chi connectivity index (χ1) is 13.3. The molecule has 0 atom stereocenters. The van der Waals surface area contributed by atoms with Crippen molar-refractivity contribution in [3.8, 4) is 12.1 Å². The van der Waals surface area contributed by atoms with Crippen molar-refractivity contribution in [2.24, 2.45) is 0 Å². The molecule has 0 bridgehead atoms. The highest BCUT2D eigenvalue weighted by Gasteiger charge is 2.04. The molecular weight excluding hydrogens is 336 g/mol. The summed E-state index contributed by atoms with van der Waals surface area (Å²) in [6, 6.07) is 4.36. The molecule has 6 nitrogen and oxygen atoms in total. The quantitative estimate of drug-likeness (QED) is 0.380. The van der Waals surface area contributed by atoms with Gasteiger partial charge in [-0.15, -0.1) is 0 Å². The Bertz CT molecular complexity index is 668. The molecule has 0 amide bonds. The minimum atomic E-state index is 0.570. The highest BCUT2D eigenvalue weighted by atomic mass is 15.1. The maximum absolute atomic E-state index is 8.62. The molecule has 144 valence electrons. The summed E-state index contributed by atoms with van der Waals surface area (Å²) in [5.41, 5.74) is 0. The highest BCUT2D eigenvalue weighted by Crippen LogP contribution is 2.08. The van der Waals surface area contributed by atoms with Gasteiger partial charge in [-0.25, -0.2) is 18.3 Å². The van der Waals surface area contributed by atoms with E-state index in [1.54, 1.807) is 0 Å². The van der Waals surface area contributed by atoms with Crippen LogP contribution < -0.4 is 9.13 Å². The lowest BCUT2D eigenvalue weighted by atomic mass is 10.1. The van der Waals surface area contributed by atoms with Gasteiger partial charge >= 0.3 is 0 Å². The van der Waals surface area contributed by atoms with Crippen molar-refractivity contribution in [2.45, 2.75) is 84.0 Å². The molecule has 0 N–H and O–H groups in total. The summed E-state index contributed by atoms with van der Waals surface area (Å²) in [6.45, 7) is 3.71. The zero-order valence-corrected chi connectivity index (χ0v) is 16.3. The van der Waals surface area contributed by atoms with Crippen molar-refractivity contribution in [1.82, 2.24) is 9.13 Å². The summed E-state index contributed by atoms with van der Waals surface area (Å²) >= 11 is 0. The molecule has 0 aromatic carbocycles. The van der Waals surface area contributed by atoms with Crippen molar-refractivity contribution in [3.63, 3.8) is 0 Å². The number of nitriles is 2. The van der Waals surface area contributed by atoms with E-state index in [4.69, 9.17) is 10.5 Å². The lowest BCUT2D eigenvalue weighted by molar-refractivity contribution is -0.695. The van der Waals surface area contributed by atoms with Crippen LogP contribution in [0.15, 0.2) is 37.4 Å². The summed E-state index contributed by atoms with van der Waals surface area (Å²) in [6.07, 6.45) is 22.6. The first-order valence-corrected chi connectivity index (χ1v) is 10.2. The third-order valence-electron chi connectivity index (χ3n) is 4.79. The van der Waals surface area contributed by atoms with Crippen molar-refractivity contribution in [3.05, 3.63) is 37.4 Å². The van der Waals surface area contributed by atoms with E-state index in [1.165, 1.54) is 44.9 Å². The van der Waals surface area contributed by atoms with E-state index >= 15 is 0 Å². The summed E-state index contributed by atoms with van der Waals surface area (Å²) in [4.78, 5) is 0. The first kappa shape index (κ1) is 20.7. The fraction of sp³-hybridized carbons (Fsp3) is 0.619. The molecular formula is C21H32N6+2. The Morgan fingerprint density at radius 2 is 1.04 bits per heavy atom. The Labute approximate surface area is 162 Å². The first-order valence-electron chi connectivity index (χ1n) is 10.2. The summed E-state index contributed by atoms with van der Waals surface area (Å²) < 4.78 is 8.60. The number of aromatic nitrogens is 4. The van der Waals surface area contributed by atoms with Crippen LogP contribution in [-0.4, -0.2) is 9.13 Å². The Kier molecular flexibility index (Phi) is 9.74.